The maximum Gasteiger partial charge on any atom is 0.174 e. The van der Waals surface area contributed by atoms with E-state index in [1.54, 1.807) is 11.3 Å². The van der Waals surface area contributed by atoms with Crippen LogP contribution in [0.3, 0.4) is 0 Å². The first-order valence-electron chi connectivity index (χ1n) is 5.19. The van der Waals surface area contributed by atoms with Crippen molar-refractivity contribution in [3.05, 3.63) is 21.0 Å². The zero-order valence-electron chi connectivity index (χ0n) is 8.82. The predicted molar refractivity (Wildman–Crippen MR) is 65.2 cm³/mol. The number of hydrogen-bond acceptors (Lipinski definition) is 5. The minimum absolute atomic E-state index is 0.247. The van der Waals surface area contributed by atoms with Gasteiger partial charge < -0.3 is 0 Å². The lowest BCUT2D eigenvalue weighted by molar-refractivity contribution is 0.0976. The number of nitrogens with zero attached hydrogens (tertiary/aromatic N) is 2. The van der Waals surface area contributed by atoms with Crippen molar-refractivity contribution >= 4 is 28.5 Å². The first-order valence-corrected chi connectivity index (χ1v) is 6.89. The summed E-state index contributed by atoms with van der Waals surface area (Å²) in [6.07, 6.45) is 2.54. The molecule has 0 saturated carbocycles. The van der Waals surface area contributed by atoms with E-state index in [-0.39, 0.29) is 5.78 Å². The van der Waals surface area contributed by atoms with Crippen molar-refractivity contribution in [3.63, 3.8) is 0 Å². The van der Waals surface area contributed by atoms with Crippen LogP contribution >= 0.6 is 22.7 Å². The molecule has 0 amide bonds. The van der Waals surface area contributed by atoms with Gasteiger partial charge in [0.15, 0.2) is 5.78 Å². The molecule has 0 spiro atoms. The van der Waals surface area contributed by atoms with E-state index in [0.29, 0.717) is 6.42 Å². The van der Waals surface area contributed by atoms with E-state index >= 15 is 0 Å². The molecule has 0 atom stereocenters. The van der Waals surface area contributed by atoms with Crippen LogP contribution in [0.4, 0.5) is 0 Å². The Balaban J connectivity index is 2.07. The van der Waals surface area contributed by atoms with E-state index in [4.69, 9.17) is 0 Å². The number of rotatable bonds is 1. The molecule has 0 bridgehead atoms. The lowest BCUT2D eigenvalue weighted by atomic mass is 10.0. The maximum atomic E-state index is 11.7. The molecule has 16 heavy (non-hydrogen) atoms. The van der Waals surface area contributed by atoms with Gasteiger partial charge in [0.25, 0.3) is 0 Å². The Morgan fingerprint density at radius 3 is 2.88 bits per heavy atom. The van der Waals surface area contributed by atoms with Crippen LogP contribution in [0, 0.1) is 6.92 Å². The third kappa shape index (κ3) is 1.60. The fourth-order valence-electron chi connectivity index (χ4n) is 1.84. The van der Waals surface area contributed by atoms with Gasteiger partial charge in [0.2, 0.25) is 0 Å². The van der Waals surface area contributed by atoms with Gasteiger partial charge in [0.05, 0.1) is 15.6 Å². The first-order chi connectivity index (χ1) is 7.74. The van der Waals surface area contributed by atoms with Crippen molar-refractivity contribution in [1.82, 2.24) is 9.97 Å². The summed E-state index contributed by atoms with van der Waals surface area (Å²) in [5.41, 5.74) is 1.89. The second-order valence-electron chi connectivity index (χ2n) is 3.82. The van der Waals surface area contributed by atoms with Crippen LogP contribution in [0.1, 0.15) is 33.2 Å². The van der Waals surface area contributed by atoms with Crippen molar-refractivity contribution in [2.75, 3.05) is 0 Å². The normalized spacial score (nSPS) is 15.2. The molecule has 0 aliphatic heterocycles. The van der Waals surface area contributed by atoms with Gasteiger partial charge in [0.1, 0.15) is 10.7 Å². The molecule has 0 fully saturated rings. The lowest BCUT2D eigenvalue weighted by Gasteiger charge is -2.06. The summed E-state index contributed by atoms with van der Waals surface area (Å²) in [7, 11) is 0. The van der Waals surface area contributed by atoms with Crippen LogP contribution in [0.25, 0.3) is 10.7 Å². The predicted octanol–water partition coefficient (Wildman–Crippen LogP) is 3.09. The highest BCUT2D eigenvalue weighted by Crippen LogP contribution is 2.32. The van der Waals surface area contributed by atoms with Crippen molar-refractivity contribution in [2.45, 2.75) is 26.2 Å². The smallest absolute Gasteiger partial charge is 0.174 e. The Morgan fingerprint density at radius 2 is 2.19 bits per heavy atom. The molecule has 2 aromatic rings. The number of carbonyl (C=O) groups is 1. The number of hydrogen-bond donors (Lipinski definition) is 0. The standard InChI is InChI=1S/C11H10N2OS2/c1-6-12-8(5-15-6)11-13-7-3-2-4-9(14)10(7)16-11/h5H,2-4H2,1H3. The van der Waals surface area contributed by atoms with E-state index in [0.717, 1.165) is 39.1 Å². The second kappa shape index (κ2) is 3.75. The monoisotopic (exact) mass is 250 g/mol. The molecule has 2 aromatic heterocycles. The van der Waals surface area contributed by atoms with Crippen molar-refractivity contribution in [2.24, 2.45) is 0 Å². The van der Waals surface area contributed by atoms with Crippen LogP contribution in [0.5, 0.6) is 0 Å². The molecule has 0 N–H and O–H groups in total. The van der Waals surface area contributed by atoms with E-state index in [1.165, 1.54) is 11.3 Å². The van der Waals surface area contributed by atoms with Gasteiger partial charge in [-0.2, -0.15) is 0 Å². The molecule has 0 aromatic carbocycles. The Kier molecular flexibility index (Phi) is 2.37. The average Bonchev–Trinajstić information content (AvgIpc) is 2.84. The highest BCUT2D eigenvalue weighted by atomic mass is 32.1. The fraction of sp³-hybridized carbons (Fsp3) is 0.364. The molecule has 1 aliphatic rings. The SMILES string of the molecule is Cc1nc(-c2nc3c(s2)C(=O)CCC3)cs1. The Labute approximate surface area is 101 Å². The number of carbonyl (C=O) groups excluding carboxylic acids is 1. The summed E-state index contributed by atoms with van der Waals surface area (Å²) >= 11 is 3.11. The van der Waals surface area contributed by atoms with Gasteiger partial charge in [-0.3, -0.25) is 4.79 Å². The summed E-state index contributed by atoms with van der Waals surface area (Å²) in [6, 6.07) is 0. The van der Waals surface area contributed by atoms with Crippen molar-refractivity contribution in [1.29, 1.82) is 0 Å². The second-order valence-corrected chi connectivity index (χ2v) is 5.88. The highest BCUT2D eigenvalue weighted by Gasteiger charge is 2.23. The van der Waals surface area contributed by atoms with Crippen molar-refractivity contribution < 1.29 is 4.79 Å². The van der Waals surface area contributed by atoms with Crippen LogP contribution in [0.15, 0.2) is 5.38 Å². The zero-order chi connectivity index (χ0) is 11.1. The van der Waals surface area contributed by atoms with Gasteiger partial charge in [0, 0.05) is 11.8 Å². The molecular weight excluding hydrogens is 240 g/mol. The van der Waals surface area contributed by atoms with E-state index in [2.05, 4.69) is 9.97 Å². The van der Waals surface area contributed by atoms with Crippen LogP contribution in [-0.4, -0.2) is 15.8 Å². The van der Waals surface area contributed by atoms with Crippen LogP contribution < -0.4 is 0 Å². The Morgan fingerprint density at radius 1 is 1.31 bits per heavy atom. The fourth-order valence-corrected chi connectivity index (χ4v) is 3.55. The molecule has 82 valence electrons. The first kappa shape index (κ1) is 10.1. The summed E-state index contributed by atoms with van der Waals surface area (Å²) < 4.78 is 0. The molecule has 3 nitrogen and oxygen atoms in total. The summed E-state index contributed by atoms with van der Waals surface area (Å²) in [6.45, 7) is 1.98. The average molecular weight is 250 g/mol. The van der Waals surface area contributed by atoms with Crippen LogP contribution in [-0.2, 0) is 6.42 Å². The Hall–Kier alpha value is -1.07. The molecule has 3 rings (SSSR count). The molecule has 0 saturated heterocycles. The van der Waals surface area contributed by atoms with Gasteiger partial charge in [-0.05, 0) is 19.8 Å². The van der Waals surface area contributed by atoms with E-state index in [1.807, 2.05) is 12.3 Å². The number of aromatic nitrogens is 2. The van der Waals surface area contributed by atoms with E-state index < -0.39 is 0 Å². The highest BCUT2D eigenvalue weighted by molar-refractivity contribution is 7.17. The lowest BCUT2D eigenvalue weighted by Crippen LogP contribution is -2.07. The van der Waals surface area contributed by atoms with E-state index in [9.17, 15) is 4.79 Å². The molecular formula is C11H10N2OS2. The van der Waals surface area contributed by atoms with Gasteiger partial charge in [-0.15, -0.1) is 22.7 Å². The minimum Gasteiger partial charge on any atom is -0.293 e. The number of aryl methyl sites for hydroxylation is 2. The zero-order valence-corrected chi connectivity index (χ0v) is 10.5. The van der Waals surface area contributed by atoms with Gasteiger partial charge in [-0.1, -0.05) is 0 Å². The number of Topliss-reactive ketones (excluding diaryl/α,β-unsaturated/α-hetero) is 1. The van der Waals surface area contributed by atoms with Gasteiger partial charge >= 0.3 is 0 Å². The largest absolute Gasteiger partial charge is 0.293 e. The minimum atomic E-state index is 0.247. The number of fused-ring (bicyclic) bond motifs is 1. The summed E-state index contributed by atoms with van der Waals surface area (Å²) in [5, 5.41) is 3.93. The van der Waals surface area contributed by atoms with Crippen LogP contribution in [0.2, 0.25) is 0 Å². The topological polar surface area (TPSA) is 42.9 Å². The molecule has 0 unspecified atom stereocenters. The summed E-state index contributed by atoms with van der Waals surface area (Å²) in [5.74, 6) is 0.247. The third-order valence-electron chi connectivity index (χ3n) is 2.61. The number of thiazole rings is 2. The summed E-state index contributed by atoms with van der Waals surface area (Å²) in [4.78, 5) is 21.5. The quantitative estimate of drug-likeness (QED) is 0.781. The molecule has 2 heterocycles. The van der Waals surface area contributed by atoms with Crippen molar-refractivity contribution in [3.8, 4) is 10.7 Å². The molecule has 1 aliphatic carbocycles. The number of ketones is 1. The Bertz CT molecular complexity index is 556. The maximum absolute atomic E-state index is 11.7. The molecule has 5 heteroatoms. The van der Waals surface area contributed by atoms with Gasteiger partial charge in [-0.25, -0.2) is 9.97 Å². The molecule has 0 radical (unpaired) electrons. The third-order valence-corrected chi connectivity index (χ3v) is 4.54.